The van der Waals surface area contributed by atoms with Crippen LogP contribution in [-0.4, -0.2) is 42.0 Å². The molecule has 150 valence electrons. The van der Waals surface area contributed by atoms with Crippen LogP contribution in [0.5, 0.6) is 5.75 Å². The van der Waals surface area contributed by atoms with Crippen molar-refractivity contribution in [3.8, 4) is 5.75 Å². The zero-order chi connectivity index (χ0) is 20.8. The van der Waals surface area contributed by atoms with Crippen molar-refractivity contribution in [2.24, 2.45) is 0 Å². The molecule has 28 heavy (non-hydrogen) atoms. The molecule has 0 aliphatic heterocycles. The number of carbonyl (C=O) groups excluding carboxylic acids is 3. The summed E-state index contributed by atoms with van der Waals surface area (Å²) in [7, 11) is 0. The number of Topliss-reactive ketones (excluding diaryl/α,β-unsaturated/α-hetero) is 1. The highest BCUT2D eigenvalue weighted by atomic mass is 35.5. The molecule has 0 unspecified atom stereocenters. The number of aromatic amines is 1. The van der Waals surface area contributed by atoms with Gasteiger partial charge in [-0.25, -0.2) is 9.59 Å². The van der Waals surface area contributed by atoms with Gasteiger partial charge in [0.2, 0.25) is 5.78 Å². The Morgan fingerprint density at radius 3 is 2.39 bits per heavy atom. The first-order valence-electron chi connectivity index (χ1n) is 8.72. The van der Waals surface area contributed by atoms with Crippen LogP contribution >= 0.6 is 11.6 Å². The molecular weight excluding hydrogens is 386 g/mol. The van der Waals surface area contributed by atoms with Gasteiger partial charge in [-0.2, -0.15) is 0 Å². The van der Waals surface area contributed by atoms with Crippen molar-refractivity contribution in [1.29, 1.82) is 0 Å². The molecule has 0 saturated heterocycles. The van der Waals surface area contributed by atoms with Gasteiger partial charge >= 0.3 is 11.9 Å². The fourth-order valence-corrected chi connectivity index (χ4v) is 2.79. The van der Waals surface area contributed by atoms with E-state index in [2.05, 4.69) is 4.98 Å². The number of ketones is 1. The lowest BCUT2D eigenvalue weighted by Gasteiger charge is -2.13. The summed E-state index contributed by atoms with van der Waals surface area (Å²) >= 11 is 5.78. The van der Waals surface area contributed by atoms with Crippen molar-refractivity contribution in [3.05, 3.63) is 51.8 Å². The predicted octanol–water partition coefficient (Wildman–Crippen LogP) is 3.66. The molecule has 7 nitrogen and oxygen atoms in total. The largest absolute Gasteiger partial charge is 0.482 e. The zero-order valence-corrected chi connectivity index (χ0v) is 16.9. The Kier molecular flexibility index (Phi) is 7.23. The first-order chi connectivity index (χ1) is 13.2. The molecule has 0 aliphatic rings. The number of esters is 2. The summed E-state index contributed by atoms with van der Waals surface area (Å²) in [6.45, 7) is 6.36. The van der Waals surface area contributed by atoms with Crippen molar-refractivity contribution in [1.82, 2.24) is 4.98 Å². The zero-order valence-electron chi connectivity index (χ0n) is 16.1. The number of benzene rings is 1. The number of hydrogen-bond donors (Lipinski definition) is 1. The first kappa shape index (κ1) is 21.5. The number of rotatable bonds is 8. The number of carbonyl (C=O) groups is 3. The normalized spacial score (nSPS) is 11.6. The van der Waals surface area contributed by atoms with Crippen LogP contribution in [0.4, 0.5) is 0 Å². The number of nitrogens with one attached hydrogen (secondary N) is 1. The molecule has 0 bridgehead atoms. The van der Waals surface area contributed by atoms with Crippen molar-refractivity contribution < 1.29 is 28.6 Å². The molecule has 1 aromatic heterocycles. The van der Waals surface area contributed by atoms with Crippen molar-refractivity contribution >= 4 is 29.3 Å². The molecule has 0 aliphatic carbocycles. The summed E-state index contributed by atoms with van der Waals surface area (Å²) in [5.41, 5.74) is 1.50. The maximum atomic E-state index is 12.6. The predicted molar refractivity (Wildman–Crippen MR) is 103 cm³/mol. The summed E-state index contributed by atoms with van der Waals surface area (Å²) in [5.74, 6) is -1.19. The van der Waals surface area contributed by atoms with E-state index in [1.54, 1.807) is 45.0 Å². The molecule has 2 aromatic rings. The molecule has 8 heteroatoms. The van der Waals surface area contributed by atoms with Crippen LogP contribution in [0.3, 0.4) is 0 Å². The van der Waals surface area contributed by atoms with Crippen molar-refractivity contribution in [2.45, 2.75) is 33.8 Å². The minimum Gasteiger partial charge on any atom is -0.482 e. The Bertz CT molecular complexity index is 872. The fraction of sp³-hybridized carbons (Fsp3) is 0.350. The van der Waals surface area contributed by atoms with Gasteiger partial charge in [0.25, 0.3) is 0 Å². The van der Waals surface area contributed by atoms with E-state index < -0.39 is 23.8 Å². The number of halogens is 1. The monoisotopic (exact) mass is 407 g/mol. The maximum absolute atomic E-state index is 12.6. The van der Waals surface area contributed by atoms with Gasteiger partial charge in [0.05, 0.1) is 17.9 Å². The van der Waals surface area contributed by atoms with E-state index in [1.165, 1.54) is 6.92 Å². The van der Waals surface area contributed by atoms with E-state index in [0.29, 0.717) is 27.6 Å². The number of hydrogen-bond acceptors (Lipinski definition) is 6. The molecule has 0 radical (unpaired) electrons. The summed E-state index contributed by atoms with van der Waals surface area (Å²) in [6, 6.07) is 6.50. The first-order valence-corrected chi connectivity index (χ1v) is 9.10. The van der Waals surface area contributed by atoms with Crippen LogP contribution in [-0.2, 0) is 14.3 Å². The van der Waals surface area contributed by atoms with Gasteiger partial charge in [0.15, 0.2) is 12.7 Å². The lowest BCUT2D eigenvalue weighted by Crippen LogP contribution is -2.28. The Hall–Kier alpha value is -2.80. The van der Waals surface area contributed by atoms with Gasteiger partial charge in [0.1, 0.15) is 5.75 Å². The molecule has 1 atom stereocenters. The fourth-order valence-electron chi connectivity index (χ4n) is 2.67. The lowest BCUT2D eigenvalue weighted by atomic mass is 10.1. The third-order valence-corrected chi connectivity index (χ3v) is 4.26. The summed E-state index contributed by atoms with van der Waals surface area (Å²) in [5, 5.41) is 0.549. The highest BCUT2D eigenvalue weighted by Gasteiger charge is 2.27. The minimum atomic E-state index is -1.05. The average molecular weight is 408 g/mol. The van der Waals surface area contributed by atoms with Gasteiger partial charge in [-0.3, -0.25) is 4.79 Å². The van der Waals surface area contributed by atoms with Gasteiger partial charge in [-0.15, -0.1) is 0 Å². The second-order valence-corrected chi connectivity index (χ2v) is 6.52. The van der Waals surface area contributed by atoms with E-state index in [0.717, 1.165) is 0 Å². The Balaban J connectivity index is 2.00. The molecular formula is C20H22ClNO6. The lowest BCUT2D eigenvalue weighted by molar-refractivity contribution is -0.148. The smallest absolute Gasteiger partial charge is 0.344 e. The Morgan fingerprint density at radius 1 is 1.14 bits per heavy atom. The number of H-pyrrole nitrogens is 1. The van der Waals surface area contributed by atoms with Crippen molar-refractivity contribution in [3.63, 3.8) is 0 Å². The van der Waals surface area contributed by atoms with Crippen LogP contribution < -0.4 is 4.74 Å². The number of aryl methyl sites for hydroxylation is 1. The van der Waals surface area contributed by atoms with E-state index in [4.69, 9.17) is 25.8 Å². The second kappa shape index (κ2) is 9.41. The number of aromatic nitrogens is 1. The van der Waals surface area contributed by atoms with Crippen LogP contribution in [0.15, 0.2) is 24.3 Å². The van der Waals surface area contributed by atoms with Crippen LogP contribution in [0, 0.1) is 13.8 Å². The maximum Gasteiger partial charge on any atom is 0.344 e. The van der Waals surface area contributed by atoms with Crippen LogP contribution in [0.2, 0.25) is 5.02 Å². The molecule has 2 rings (SSSR count). The molecule has 1 aromatic carbocycles. The number of ether oxygens (including phenoxy) is 3. The van der Waals surface area contributed by atoms with Crippen LogP contribution in [0.1, 0.15) is 46.0 Å². The standard InChI is InChI=1S/C20H22ClNO6/c1-5-26-20(25)17-11(2)18(22-12(17)3)19(24)13(4)28-16(23)10-27-15-8-6-14(21)7-9-15/h6-9,13,22H,5,10H2,1-4H3/t13-/m0/s1. The van der Waals surface area contributed by atoms with E-state index in [-0.39, 0.29) is 18.9 Å². The van der Waals surface area contributed by atoms with Gasteiger partial charge in [0, 0.05) is 10.7 Å². The second-order valence-electron chi connectivity index (χ2n) is 6.08. The van der Waals surface area contributed by atoms with Gasteiger partial charge in [-0.1, -0.05) is 11.6 Å². The SMILES string of the molecule is CCOC(=O)c1c(C)[nH]c(C(=O)[C@H](C)OC(=O)COc2ccc(Cl)cc2)c1C. The summed E-state index contributed by atoms with van der Waals surface area (Å²) in [4.78, 5) is 39.5. The molecule has 0 fully saturated rings. The van der Waals surface area contributed by atoms with Crippen molar-refractivity contribution in [2.75, 3.05) is 13.2 Å². The molecule has 1 N–H and O–H groups in total. The molecule has 0 spiro atoms. The average Bonchev–Trinajstić information content (AvgIpc) is 2.95. The van der Waals surface area contributed by atoms with E-state index in [9.17, 15) is 14.4 Å². The van der Waals surface area contributed by atoms with Gasteiger partial charge in [-0.05, 0) is 57.5 Å². The quantitative estimate of drug-likeness (QED) is 0.530. The highest BCUT2D eigenvalue weighted by Crippen LogP contribution is 2.21. The minimum absolute atomic E-state index is 0.208. The van der Waals surface area contributed by atoms with Gasteiger partial charge < -0.3 is 19.2 Å². The molecule has 1 heterocycles. The molecule has 0 saturated carbocycles. The summed E-state index contributed by atoms with van der Waals surface area (Å²) in [6.07, 6.45) is -1.05. The summed E-state index contributed by atoms with van der Waals surface area (Å²) < 4.78 is 15.5. The topological polar surface area (TPSA) is 94.7 Å². The highest BCUT2D eigenvalue weighted by molar-refractivity contribution is 6.30. The third kappa shape index (κ3) is 5.13. The van der Waals surface area contributed by atoms with Crippen LogP contribution in [0.25, 0.3) is 0 Å². The molecule has 0 amide bonds. The van der Waals surface area contributed by atoms with E-state index in [1.807, 2.05) is 0 Å². The Labute approximate surface area is 167 Å². The third-order valence-electron chi connectivity index (χ3n) is 4.01. The Morgan fingerprint density at radius 2 is 1.79 bits per heavy atom. The van der Waals surface area contributed by atoms with E-state index >= 15 is 0 Å².